The molecule has 1 fully saturated rings. The van der Waals surface area contributed by atoms with Gasteiger partial charge in [0.1, 0.15) is 12.7 Å². The molecule has 1 aromatic rings. The number of halogens is 3. The maximum Gasteiger partial charge on any atom is 0.406 e. The van der Waals surface area contributed by atoms with E-state index in [0.29, 0.717) is 5.56 Å². The molecule has 0 radical (unpaired) electrons. The second kappa shape index (κ2) is 5.67. The SMILES string of the molecule is Cc1ccccc1C1NC(C(C)C)C(=O)N1CC(F)(F)F. The summed E-state index contributed by atoms with van der Waals surface area (Å²) in [6.07, 6.45) is -5.14. The number of carbonyl (C=O) groups is 1. The summed E-state index contributed by atoms with van der Waals surface area (Å²) in [6.45, 7) is 4.24. The normalized spacial score (nSPS) is 23.2. The zero-order valence-electron chi connectivity index (χ0n) is 12.2. The fourth-order valence-corrected chi connectivity index (χ4v) is 2.63. The molecule has 6 heteroatoms. The first-order valence-electron chi connectivity index (χ1n) is 6.89. The van der Waals surface area contributed by atoms with E-state index in [1.54, 1.807) is 12.1 Å². The highest BCUT2D eigenvalue weighted by atomic mass is 19.4. The molecule has 0 aliphatic carbocycles. The summed E-state index contributed by atoms with van der Waals surface area (Å²) >= 11 is 0. The van der Waals surface area contributed by atoms with Crippen LogP contribution in [0.15, 0.2) is 24.3 Å². The minimum atomic E-state index is -4.41. The smallest absolute Gasteiger partial charge is 0.312 e. The van der Waals surface area contributed by atoms with Gasteiger partial charge < -0.3 is 4.90 Å². The van der Waals surface area contributed by atoms with Gasteiger partial charge in [0.05, 0.1) is 6.04 Å². The van der Waals surface area contributed by atoms with Crippen molar-refractivity contribution in [3.8, 4) is 0 Å². The molecule has 1 aliphatic heterocycles. The molecule has 21 heavy (non-hydrogen) atoms. The summed E-state index contributed by atoms with van der Waals surface area (Å²) in [7, 11) is 0. The highest BCUT2D eigenvalue weighted by Crippen LogP contribution is 2.32. The second-order valence-corrected chi connectivity index (χ2v) is 5.73. The van der Waals surface area contributed by atoms with Gasteiger partial charge in [-0.05, 0) is 24.0 Å². The van der Waals surface area contributed by atoms with Crippen LogP contribution in [0.3, 0.4) is 0 Å². The molecule has 1 amide bonds. The lowest BCUT2D eigenvalue weighted by atomic mass is 10.0. The number of benzene rings is 1. The van der Waals surface area contributed by atoms with E-state index in [-0.39, 0.29) is 5.92 Å². The Bertz CT molecular complexity index is 528. The van der Waals surface area contributed by atoms with Crippen molar-refractivity contribution < 1.29 is 18.0 Å². The van der Waals surface area contributed by atoms with Gasteiger partial charge >= 0.3 is 6.18 Å². The number of nitrogens with zero attached hydrogens (tertiary/aromatic N) is 1. The molecule has 0 spiro atoms. The number of amides is 1. The average molecular weight is 300 g/mol. The molecule has 1 saturated heterocycles. The number of carbonyl (C=O) groups excluding carboxylic acids is 1. The zero-order chi connectivity index (χ0) is 15.8. The molecular formula is C15H19F3N2O. The maximum atomic E-state index is 12.8. The molecule has 2 unspecified atom stereocenters. The third kappa shape index (κ3) is 3.37. The Kier molecular flexibility index (Phi) is 4.27. The molecule has 2 rings (SSSR count). The number of hydrogen-bond donors (Lipinski definition) is 1. The van der Waals surface area contributed by atoms with Gasteiger partial charge in [-0.1, -0.05) is 38.1 Å². The summed E-state index contributed by atoms with van der Waals surface area (Å²) in [5, 5.41) is 3.05. The molecule has 0 bridgehead atoms. The third-order valence-electron chi connectivity index (χ3n) is 3.70. The molecule has 0 aromatic heterocycles. The van der Waals surface area contributed by atoms with Gasteiger partial charge in [-0.3, -0.25) is 10.1 Å². The van der Waals surface area contributed by atoms with Gasteiger partial charge in [-0.25, -0.2) is 0 Å². The topological polar surface area (TPSA) is 32.3 Å². The standard InChI is InChI=1S/C15H19F3N2O/c1-9(2)12-14(21)20(8-15(16,17)18)13(19-12)11-7-5-4-6-10(11)3/h4-7,9,12-13,19H,8H2,1-3H3. The highest BCUT2D eigenvalue weighted by molar-refractivity contribution is 5.85. The number of rotatable bonds is 3. The second-order valence-electron chi connectivity index (χ2n) is 5.73. The van der Waals surface area contributed by atoms with Gasteiger partial charge in [0.15, 0.2) is 0 Å². The van der Waals surface area contributed by atoms with Crippen LogP contribution in [0.5, 0.6) is 0 Å². The fraction of sp³-hybridized carbons (Fsp3) is 0.533. The van der Waals surface area contributed by atoms with Crippen LogP contribution in [0.4, 0.5) is 13.2 Å². The first-order chi connectivity index (χ1) is 9.70. The highest BCUT2D eigenvalue weighted by Gasteiger charge is 2.46. The van der Waals surface area contributed by atoms with E-state index in [1.165, 1.54) is 0 Å². The Morgan fingerprint density at radius 2 is 1.90 bits per heavy atom. The van der Waals surface area contributed by atoms with Crippen LogP contribution in [0.1, 0.15) is 31.1 Å². The Hall–Kier alpha value is -1.56. The van der Waals surface area contributed by atoms with Crippen molar-refractivity contribution in [3.05, 3.63) is 35.4 Å². The minimum absolute atomic E-state index is 0.0674. The molecule has 1 N–H and O–H groups in total. The van der Waals surface area contributed by atoms with Crippen LogP contribution in [0, 0.1) is 12.8 Å². The lowest BCUT2D eigenvalue weighted by Gasteiger charge is -2.26. The predicted molar refractivity (Wildman–Crippen MR) is 73.4 cm³/mol. The molecular weight excluding hydrogens is 281 g/mol. The largest absolute Gasteiger partial charge is 0.406 e. The summed E-state index contributed by atoms with van der Waals surface area (Å²) in [5.74, 6) is -0.558. The Morgan fingerprint density at radius 3 is 2.43 bits per heavy atom. The molecule has 0 saturated carbocycles. The van der Waals surface area contributed by atoms with Crippen molar-refractivity contribution >= 4 is 5.91 Å². The van der Waals surface area contributed by atoms with Gasteiger partial charge in [-0.2, -0.15) is 13.2 Å². The van der Waals surface area contributed by atoms with Crippen LogP contribution >= 0.6 is 0 Å². The van der Waals surface area contributed by atoms with Crippen LogP contribution in [-0.4, -0.2) is 29.6 Å². The average Bonchev–Trinajstić information content (AvgIpc) is 2.66. The monoisotopic (exact) mass is 300 g/mol. The lowest BCUT2D eigenvalue weighted by Crippen LogP contribution is -2.39. The first-order valence-corrected chi connectivity index (χ1v) is 6.89. The van der Waals surface area contributed by atoms with E-state index in [4.69, 9.17) is 0 Å². The first kappa shape index (κ1) is 15.8. The van der Waals surface area contributed by atoms with Crippen molar-refractivity contribution in [2.75, 3.05) is 6.54 Å². The molecule has 1 aliphatic rings. The predicted octanol–water partition coefficient (Wildman–Crippen LogP) is 3.01. The quantitative estimate of drug-likeness (QED) is 0.930. The van der Waals surface area contributed by atoms with Crippen molar-refractivity contribution in [1.82, 2.24) is 10.2 Å². The van der Waals surface area contributed by atoms with E-state index < -0.39 is 30.8 Å². The van der Waals surface area contributed by atoms with Gasteiger partial charge in [0.25, 0.3) is 0 Å². The van der Waals surface area contributed by atoms with Crippen molar-refractivity contribution in [3.63, 3.8) is 0 Å². The summed E-state index contributed by atoms with van der Waals surface area (Å²) in [4.78, 5) is 13.2. The van der Waals surface area contributed by atoms with Crippen LogP contribution < -0.4 is 5.32 Å². The number of nitrogens with one attached hydrogen (secondary N) is 1. The molecule has 116 valence electrons. The summed E-state index contributed by atoms with van der Waals surface area (Å²) in [5.41, 5.74) is 1.57. The molecule has 1 heterocycles. The Morgan fingerprint density at radius 1 is 1.29 bits per heavy atom. The zero-order valence-corrected chi connectivity index (χ0v) is 12.2. The van der Waals surface area contributed by atoms with E-state index in [1.807, 2.05) is 32.9 Å². The molecule has 3 nitrogen and oxygen atoms in total. The van der Waals surface area contributed by atoms with Crippen LogP contribution in [-0.2, 0) is 4.79 Å². The van der Waals surface area contributed by atoms with E-state index in [2.05, 4.69) is 5.32 Å². The Labute approximate surface area is 122 Å². The molecule has 2 atom stereocenters. The van der Waals surface area contributed by atoms with Gasteiger partial charge in [-0.15, -0.1) is 0 Å². The van der Waals surface area contributed by atoms with Crippen molar-refractivity contribution in [2.24, 2.45) is 5.92 Å². The van der Waals surface area contributed by atoms with Crippen LogP contribution in [0.25, 0.3) is 0 Å². The Balaban J connectivity index is 2.37. The third-order valence-corrected chi connectivity index (χ3v) is 3.70. The summed E-state index contributed by atoms with van der Waals surface area (Å²) in [6, 6.07) is 6.59. The lowest BCUT2D eigenvalue weighted by molar-refractivity contribution is -0.162. The van der Waals surface area contributed by atoms with E-state index in [9.17, 15) is 18.0 Å². The van der Waals surface area contributed by atoms with E-state index >= 15 is 0 Å². The summed E-state index contributed by atoms with van der Waals surface area (Å²) < 4.78 is 38.3. The minimum Gasteiger partial charge on any atom is -0.312 e. The van der Waals surface area contributed by atoms with Gasteiger partial charge in [0, 0.05) is 0 Å². The van der Waals surface area contributed by atoms with Crippen LogP contribution in [0.2, 0.25) is 0 Å². The van der Waals surface area contributed by atoms with E-state index in [0.717, 1.165) is 10.5 Å². The fourth-order valence-electron chi connectivity index (χ4n) is 2.63. The van der Waals surface area contributed by atoms with Crippen molar-refractivity contribution in [2.45, 2.75) is 39.2 Å². The number of alkyl halides is 3. The van der Waals surface area contributed by atoms with Gasteiger partial charge in [0.2, 0.25) is 5.91 Å². The molecule has 1 aromatic carbocycles. The number of hydrogen-bond acceptors (Lipinski definition) is 2. The number of aryl methyl sites for hydroxylation is 1. The van der Waals surface area contributed by atoms with Crippen molar-refractivity contribution in [1.29, 1.82) is 0 Å². The maximum absolute atomic E-state index is 12.8.